The summed E-state index contributed by atoms with van der Waals surface area (Å²) < 4.78 is 7.14. The van der Waals surface area contributed by atoms with Gasteiger partial charge < -0.3 is 10.1 Å². The van der Waals surface area contributed by atoms with Crippen LogP contribution in [-0.2, 0) is 11.2 Å². The minimum Gasteiger partial charge on any atom is -0.376 e. The van der Waals surface area contributed by atoms with Gasteiger partial charge in [0.1, 0.15) is 11.5 Å². The average Bonchev–Trinajstić information content (AvgIpc) is 3.24. The molecule has 2 aromatic rings. The van der Waals surface area contributed by atoms with Gasteiger partial charge in [-0.1, -0.05) is 36.2 Å². The Balaban J connectivity index is 1.86. The van der Waals surface area contributed by atoms with E-state index in [9.17, 15) is 4.79 Å². The maximum Gasteiger partial charge on any atom is 0.291 e. The van der Waals surface area contributed by atoms with Crippen LogP contribution in [0.25, 0.3) is 5.69 Å². The summed E-state index contributed by atoms with van der Waals surface area (Å²) in [5.41, 5.74) is 0.529. The number of rotatable bonds is 5. The van der Waals surface area contributed by atoms with Gasteiger partial charge in [-0.05, 0) is 31.9 Å². The molecule has 2 heterocycles. The molecule has 25 heavy (non-hydrogen) atoms. The largest absolute Gasteiger partial charge is 0.376 e. The van der Waals surface area contributed by atoms with Gasteiger partial charge in [-0.2, -0.15) is 0 Å². The Bertz CT molecular complexity index is 752. The second-order valence-electron chi connectivity index (χ2n) is 6.00. The van der Waals surface area contributed by atoms with Crippen molar-refractivity contribution in [3.8, 4) is 5.69 Å². The molecule has 1 aliphatic rings. The molecule has 0 radical (unpaired) electrons. The Hall–Kier alpha value is -1.63. The maximum absolute atomic E-state index is 12.5. The predicted molar refractivity (Wildman–Crippen MR) is 96.7 cm³/mol. The Morgan fingerprint density at radius 3 is 2.76 bits per heavy atom. The number of benzene rings is 1. The Morgan fingerprint density at radius 1 is 1.44 bits per heavy atom. The zero-order chi connectivity index (χ0) is 18.0. The first-order chi connectivity index (χ1) is 12.0. The number of nitrogens with one attached hydrogen (secondary N) is 1. The molecule has 0 saturated carbocycles. The van der Waals surface area contributed by atoms with Crippen LogP contribution in [0.5, 0.6) is 0 Å². The first-order valence-corrected chi connectivity index (χ1v) is 9.09. The summed E-state index contributed by atoms with van der Waals surface area (Å²) >= 11 is 12.5. The summed E-state index contributed by atoms with van der Waals surface area (Å²) in [4.78, 5) is 16.9. The van der Waals surface area contributed by atoms with Crippen LogP contribution < -0.4 is 5.32 Å². The molecule has 1 saturated heterocycles. The van der Waals surface area contributed by atoms with E-state index in [1.165, 1.54) is 4.68 Å². The van der Waals surface area contributed by atoms with Crippen molar-refractivity contribution < 1.29 is 9.53 Å². The van der Waals surface area contributed by atoms with Crippen molar-refractivity contribution in [3.63, 3.8) is 0 Å². The third-order valence-electron chi connectivity index (χ3n) is 4.22. The molecule has 2 atom stereocenters. The number of aromatic nitrogens is 3. The van der Waals surface area contributed by atoms with E-state index in [4.69, 9.17) is 27.9 Å². The van der Waals surface area contributed by atoms with Gasteiger partial charge in [-0.3, -0.25) is 4.79 Å². The second-order valence-corrected chi connectivity index (χ2v) is 6.82. The molecule has 8 heteroatoms. The zero-order valence-electron chi connectivity index (χ0n) is 14.1. The first-order valence-electron chi connectivity index (χ1n) is 8.34. The minimum absolute atomic E-state index is 0.0368. The molecule has 0 spiro atoms. The summed E-state index contributed by atoms with van der Waals surface area (Å²) in [7, 11) is 0. The number of hydrogen-bond donors (Lipinski definition) is 1. The van der Waals surface area contributed by atoms with Gasteiger partial charge in [0.2, 0.25) is 5.82 Å². The molecule has 134 valence electrons. The van der Waals surface area contributed by atoms with E-state index in [1.54, 1.807) is 18.2 Å². The number of carbonyl (C=O) groups excluding carboxylic acids is 1. The van der Waals surface area contributed by atoms with Gasteiger partial charge in [0.25, 0.3) is 5.91 Å². The zero-order valence-corrected chi connectivity index (χ0v) is 15.6. The summed E-state index contributed by atoms with van der Waals surface area (Å²) in [6, 6.07) is 5.11. The number of amides is 1. The monoisotopic (exact) mass is 382 g/mol. The van der Waals surface area contributed by atoms with Crippen LogP contribution in [0.3, 0.4) is 0 Å². The molecule has 1 fully saturated rings. The number of aryl methyl sites for hydroxylation is 1. The van der Waals surface area contributed by atoms with Crippen molar-refractivity contribution in [1.82, 2.24) is 20.1 Å². The van der Waals surface area contributed by atoms with E-state index in [2.05, 4.69) is 15.4 Å². The lowest BCUT2D eigenvalue weighted by Gasteiger charge is -2.18. The predicted octanol–water partition coefficient (Wildman–Crippen LogP) is 3.43. The van der Waals surface area contributed by atoms with E-state index in [-0.39, 0.29) is 23.9 Å². The van der Waals surface area contributed by atoms with Crippen molar-refractivity contribution >= 4 is 29.1 Å². The lowest BCUT2D eigenvalue weighted by Crippen LogP contribution is -2.41. The molecule has 1 aromatic heterocycles. The molecule has 1 aromatic carbocycles. The fourth-order valence-electron chi connectivity index (χ4n) is 2.90. The third kappa shape index (κ3) is 3.81. The molecular formula is C17H20Cl2N4O2. The number of para-hydroxylation sites is 1. The summed E-state index contributed by atoms with van der Waals surface area (Å²) in [5, 5.41) is 8.15. The number of ether oxygens (including phenoxy) is 1. The highest BCUT2D eigenvalue weighted by molar-refractivity contribution is 6.37. The molecule has 1 aliphatic heterocycles. The van der Waals surface area contributed by atoms with Crippen molar-refractivity contribution in [3.05, 3.63) is 39.9 Å². The molecule has 1 amide bonds. The molecular weight excluding hydrogens is 363 g/mol. The van der Waals surface area contributed by atoms with Gasteiger partial charge >= 0.3 is 0 Å². The topological polar surface area (TPSA) is 69.0 Å². The minimum atomic E-state index is -0.334. The quantitative estimate of drug-likeness (QED) is 0.859. The number of nitrogens with zero attached hydrogens (tertiary/aromatic N) is 3. The molecule has 6 nitrogen and oxygen atoms in total. The van der Waals surface area contributed by atoms with Crippen molar-refractivity contribution in [1.29, 1.82) is 0 Å². The molecule has 0 unspecified atom stereocenters. The van der Waals surface area contributed by atoms with Gasteiger partial charge in [0, 0.05) is 13.0 Å². The number of hydrogen-bond acceptors (Lipinski definition) is 4. The third-order valence-corrected chi connectivity index (χ3v) is 4.83. The summed E-state index contributed by atoms with van der Waals surface area (Å²) in [6.45, 7) is 4.60. The molecule has 3 rings (SSSR count). The smallest absolute Gasteiger partial charge is 0.291 e. The standard InChI is InChI=1S/C17H20Cl2N4O2/c1-3-14-21-16(17(24)20-10(2)13-8-5-9-25-13)22-23(14)15-11(18)6-4-7-12(15)19/h4,6-7,10,13H,3,5,8-9H2,1-2H3,(H,20,24)/t10-,13+/m0/s1. The number of carbonyl (C=O) groups is 1. The van der Waals surface area contributed by atoms with Gasteiger partial charge in [0.15, 0.2) is 0 Å². The molecule has 1 N–H and O–H groups in total. The van der Waals surface area contributed by atoms with Gasteiger partial charge in [-0.25, -0.2) is 9.67 Å². The van der Waals surface area contributed by atoms with Crippen LogP contribution in [0.15, 0.2) is 18.2 Å². The van der Waals surface area contributed by atoms with Crippen LogP contribution in [0.1, 0.15) is 43.1 Å². The maximum atomic E-state index is 12.5. The van der Waals surface area contributed by atoms with Gasteiger partial charge in [0.05, 0.1) is 22.2 Å². The van der Waals surface area contributed by atoms with Crippen molar-refractivity contribution in [2.45, 2.75) is 45.3 Å². The van der Waals surface area contributed by atoms with E-state index >= 15 is 0 Å². The van der Waals surface area contributed by atoms with Crippen LogP contribution in [0.4, 0.5) is 0 Å². The SMILES string of the molecule is CCc1nc(C(=O)N[C@@H](C)[C@H]2CCCO2)nn1-c1c(Cl)cccc1Cl. The highest BCUT2D eigenvalue weighted by Crippen LogP contribution is 2.28. The highest BCUT2D eigenvalue weighted by atomic mass is 35.5. The van der Waals surface area contributed by atoms with E-state index < -0.39 is 0 Å². The normalized spacial score (nSPS) is 18.3. The number of halogens is 2. The van der Waals surface area contributed by atoms with Crippen LogP contribution in [0, 0.1) is 0 Å². The van der Waals surface area contributed by atoms with Crippen LogP contribution in [-0.4, -0.2) is 39.4 Å². The average molecular weight is 383 g/mol. The van der Waals surface area contributed by atoms with Crippen molar-refractivity contribution in [2.75, 3.05) is 6.61 Å². The molecule has 0 aliphatic carbocycles. The second kappa shape index (κ2) is 7.72. The van der Waals surface area contributed by atoms with Gasteiger partial charge in [-0.15, -0.1) is 5.10 Å². The van der Waals surface area contributed by atoms with Crippen molar-refractivity contribution in [2.24, 2.45) is 0 Å². The fraction of sp³-hybridized carbons (Fsp3) is 0.471. The summed E-state index contributed by atoms with van der Waals surface area (Å²) in [6.07, 6.45) is 2.58. The first kappa shape index (κ1) is 18.2. The lowest BCUT2D eigenvalue weighted by molar-refractivity contribution is 0.0706. The molecule has 0 bridgehead atoms. The Labute approximate surface area is 156 Å². The Morgan fingerprint density at radius 2 is 2.16 bits per heavy atom. The lowest BCUT2D eigenvalue weighted by atomic mass is 10.1. The van der Waals surface area contributed by atoms with Crippen LogP contribution in [0.2, 0.25) is 10.0 Å². The van der Waals surface area contributed by atoms with E-state index in [0.29, 0.717) is 28.0 Å². The fourth-order valence-corrected chi connectivity index (χ4v) is 3.46. The highest BCUT2D eigenvalue weighted by Gasteiger charge is 2.26. The van der Waals surface area contributed by atoms with Crippen LogP contribution >= 0.6 is 23.2 Å². The van der Waals surface area contributed by atoms with E-state index in [1.807, 2.05) is 13.8 Å². The van der Waals surface area contributed by atoms with E-state index in [0.717, 1.165) is 19.4 Å². The Kier molecular flexibility index (Phi) is 5.61. The summed E-state index contributed by atoms with van der Waals surface area (Å²) in [5.74, 6) is 0.377.